The zero-order valence-electron chi connectivity index (χ0n) is 18.4. The van der Waals surface area contributed by atoms with Crippen LogP contribution in [0.2, 0.25) is 0 Å². The van der Waals surface area contributed by atoms with Crippen LogP contribution in [-0.2, 0) is 4.79 Å². The molecular formula is C26H42O. The normalized spacial score (nSPS) is 43.9. The second-order valence-corrected chi connectivity index (χ2v) is 11.5. The first kappa shape index (κ1) is 19.7. The SMILES string of the molecule is CC(C)CCCC[C@@H]1CC[C@@H]2[C@H]3CCC4=CC(=O)CC[C@@]4(C)[C@@H]3CC[C@@]12C. The van der Waals surface area contributed by atoms with Crippen molar-refractivity contribution in [1.82, 2.24) is 0 Å². The van der Waals surface area contributed by atoms with Gasteiger partial charge in [-0.05, 0) is 97.9 Å². The summed E-state index contributed by atoms with van der Waals surface area (Å²) >= 11 is 0. The number of unbranched alkanes of at least 4 members (excludes halogenated alkanes) is 1. The van der Waals surface area contributed by atoms with Crippen molar-refractivity contribution in [2.24, 2.45) is 40.4 Å². The Morgan fingerprint density at radius 2 is 1.81 bits per heavy atom. The predicted molar refractivity (Wildman–Crippen MR) is 114 cm³/mol. The number of carbonyl (C=O) groups is 1. The monoisotopic (exact) mass is 370 g/mol. The van der Waals surface area contributed by atoms with Crippen LogP contribution in [0.3, 0.4) is 0 Å². The van der Waals surface area contributed by atoms with Gasteiger partial charge in [-0.15, -0.1) is 0 Å². The van der Waals surface area contributed by atoms with Gasteiger partial charge in [0, 0.05) is 6.42 Å². The van der Waals surface area contributed by atoms with E-state index >= 15 is 0 Å². The molecule has 1 nitrogen and oxygen atoms in total. The molecule has 0 spiro atoms. The molecule has 0 saturated heterocycles. The van der Waals surface area contributed by atoms with Crippen LogP contribution in [0.4, 0.5) is 0 Å². The lowest BCUT2D eigenvalue weighted by atomic mass is 9.46. The van der Waals surface area contributed by atoms with Gasteiger partial charge in [0.05, 0.1) is 0 Å². The van der Waals surface area contributed by atoms with Gasteiger partial charge in [-0.2, -0.15) is 0 Å². The molecular weight excluding hydrogens is 328 g/mol. The van der Waals surface area contributed by atoms with Crippen LogP contribution in [0.5, 0.6) is 0 Å². The lowest BCUT2D eigenvalue weighted by molar-refractivity contribution is -0.117. The van der Waals surface area contributed by atoms with Crippen molar-refractivity contribution < 1.29 is 4.79 Å². The predicted octanol–water partition coefficient (Wildman–Crippen LogP) is 7.35. The topological polar surface area (TPSA) is 17.1 Å². The molecule has 0 aromatic heterocycles. The minimum Gasteiger partial charge on any atom is -0.295 e. The Morgan fingerprint density at radius 3 is 2.59 bits per heavy atom. The maximum absolute atomic E-state index is 12.0. The summed E-state index contributed by atoms with van der Waals surface area (Å²) < 4.78 is 0. The Bertz CT molecular complexity index is 601. The maximum Gasteiger partial charge on any atom is 0.155 e. The zero-order valence-corrected chi connectivity index (χ0v) is 18.4. The fourth-order valence-corrected chi connectivity index (χ4v) is 8.09. The first-order chi connectivity index (χ1) is 12.8. The summed E-state index contributed by atoms with van der Waals surface area (Å²) in [7, 11) is 0. The molecule has 0 radical (unpaired) electrons. The lowest BCUT2D eigenvalue weighted by Gasteiger charge is -2.58. The highest BCUT2D eigenvalue weighted by atomic mass is 16.1. The van der Waals surface area contributed by atoms with Crippen molar-refractivity contribution in [2.45, 2.75) is 105 Å². The van der Waals surface area contributed by atoms with Gasteiger partial charge >= 0.3 is 0 Å². The maximum atomic E-state index is 12.0. The largest absolute Gasteiger partial charge is 0.295 e. The molecule has 0 unspecified atom stereocenters. The van der Waals surface area contributed by atoms with Crippen molar-refractivity contribution in [3.05, 3.63) is 11.6 Å². The molecule has 1 heteroatoms. The fourth-order valence-electron chi connectivity index (χ4n) is 8.09. The fraction of sp³-hybridized carbons (Fsp3) is 0.885. The van der Waals surface area contributed by atoms with Crippen LogP contribution < -0.4 is 0 Å². The standard InChI is InChI=1S/C26H42O/c1-18(2)7-5-6-8-19-10-12-23-22-11-9-20-17-21(27)13-15-26(20,4)24(22)14-16-25(19,23)3/h17-19,22-24H,5-16H2,1-4H3/t19-,22-,23-,24-,25+,26-/m1/s1. The number of ketones is 1. The molecule has 0 amide bonds. The summed E-state index contributed by atoms with van der Waals surface area (Å²) in [6.07, 6.45) is 18.2. The molecule has 0 aliphatic heterocycles. The van der Waals surface area contributed by atoms with Gasteiger partial charge in [0.15, 0.2) is 5.78 Å². The number of carbonyl (C=O) groups excluding carboxylic acids is 1. The molecule has 0 bridgehead atoms. The Morgan fingerprint density at radius 1 is 1.00 bits per heavy atom. The van der Waals surface area contributed by atoms with E-state index in [-0.39, 0.29) is 0 Å². The molecule has 0 aromatic rings. The van der Waals surface area contributed by atoms with Crippen molar-refractivity contribution >= 4 is 5.78 Å². The molecule has 4 aliphatic rings. The van der Waals surface area contributed by atoms with E-state index in [9.17, 15) is 4.79 Å². The van der Waals surface area contributed by atoms with E-state index in [1.165, 1.54) is 69.8 Å². The van der Waals surface area contributed by atoms with Crippen LogP contribution in [0.25, 0.3) is 0 Å². The molecule has 3 fully saturated rings. The van der Waals surface area contributed by atoms with Crippen molar-refractivity contribution in [2.75, 3.05) is 0 Å². The van der Waals surface area contributed by atoms with E-state index in [0.29, 0.717) is 16.6 Å². The van der Waals surface area contributed by atoms with Crippen molar-refractivity contribution in [3.8, 4) is 0 Å². The molecule has 0 aromatic carbocycles. The average Bonchev–Trinajstić information content (AvgIpc) is 2.96. The van der Waals surface area contributed by atoms with E-state index in [0.717, 1.165) is 42.4 Å². The van der Waals surface area contributed by atoms with Gasteiger partial charge in [0.25, 0.3) is 0 Å². The summed E-state index contributed by atoms with van der Waals surface area (Å²) in [5.41, 5.74) is 2.47. The first-order valence-corrected chi connectivity index (χ1v) is 12.1. The number of allylic oxidation sites excluding steroid dienone is 1. The summed E-state index contributed by atoms with van der Waals surface area (Å²) in [6.45, 7) is 9.91. The van der Waals surface area contributed by atoms with E-state index in [1.807, 2.05) is 0 Å². The van der Waals surface area contributed by atoms with Crippen molar-refractivity contribution in [3.63, 3.8) is 0 Å². The second-order valence-electron chi connectivity index (χ2n) is 11.5. The van der Waals surface area contributed by atoms with Gasteiger partial charge in [-0.25, -0.2) is 0 Å². The zero-order chi connectivity index (χ0) is 19.2. The molecule has 0 heterocycles. The number of hydrogen-bond acceptors (Lipinski definition) is 1. The molecule has 27 heavy (non-hydrogen) atoms. The lowest BCUT2D eigenvalue weighted by Crippen LogP contribution is -2.50. The van der Waals surface area contributed by atoms with E-state index in [2.05, 4.69) is 33.8 Å². The molecule has 4 rings (SSSR count). The molecule has 6 atom stereocenters. The Kier molecular flexibility index (Phi) is 5.36. The molecule has 0 N–H and O–H groups in total. The Balaban J connectivity index is 1.46. The van der Waals surface area contributed by atoms with Crippen LogP contribution in [0, 0.1) is 40.4 Å². The summed E-state index contributed by atoms with van der Waals surface area (Å²) in [4.78, 5) is 12.0. The highest BCUT2D eigenvalue weighted by Gasteiger charge is 2.58. The minimum atomic E-state index is 0.341. The minimum absolute atomic E-state index is 0.341. The first-order valence-electron chi connectivity index (χ1n) is 12.1. The number of rotatable bonds is 5. The van der Waals surface area contributed by atoms with Crippen LogP contribution in [-0.4, -0.2) is 5.78 Å². The van der Waals surface area contributed by atoms with Crippen LogP contribution in [0.1, 0.15) is 105 Å². The van der Waals surface area contributed by atoms with Gasteiger partial charge in [-0.3, -0.25) is 4.79 Å². The number of hydrogen-bond donors (Lipinski definition) is 0. The molecule has 152 valence electrons. The highest BCUT2D eigenvalue weighted by Crippen LogP contribution is 2.67. The quantitative estimate of drug-likeness (QED) is 0.462. The van der Waals surface area contributed by atoms with Crippen LogP contribution in [0.15, 0.2) is 11.6 Å². The van der Waals surface area contributed by atoms with Crippen LogP contribution >= 0.6 is 0 Å². The third kappa shape index (κ3) is 3.36. The molecule has 3 saturated carbocycles. The third-order valence-electron chi connectivity index (χ3n) is 9.74. The third-order valence-corrected chi connectivity index (χ3v) is 9.74. The van der Waals surface area contributed by atoms with Crippen molar-refractivity contribution in [1.29, 1.82) is 0 Å². The Labute approximate surface area is 167 Å². The summed E-state index contributed by atoms with van der Waals surface area (Å²) in [5, 5.41) is 0. The Hall–Kier alpha value is -0.590. The van der Waals surface area contributed by atoms with E-state index in [4.69, 9.17) is 0 Å². The highest BCUT2D eigenvalue weighted by molar-refractivity contribution is 5.91. The second kappa shape index (κ2) is 7.34. The number of fused-ring (bicyclic) bond motifs is 5. The summed E-state index contributed by atoms with van der Waals surface area (Å²) in [5.74, 6) is 4.97. The van der Waals surface area contributed by atoms with Gasteiger partial charge in [0.1, 0.15) is 0 Å². The van der Waals surface area contributed by atoms with Gasteiger partial charge < -0.3 is 0 Å². The average molecular weight is 371 g/mol. The smallest absolute Gasteiger partial charge is 0.155 e. The van der Waals surface area contributed by atoms with Gasteiger partial charge in [-0.1, -0.05) is 52.5 Å². The summed E-state index contributed by atoms with van der Waals surface area (Å²) in [6, 6.07) is 0. The molecule has 4 aliphatic carbocycles. The van der Waals surface area contributed by atoms with Gasteiger partial charge in [0.2, 0.25) is 0 Å². The van der Waals surface area contributed by atoms with E-state index in [1.54, 1.807) is 0 Å². The van der Waals surface area contributed by atoms with E-state index < -0.39 is 0 Å².